The molecule has 0 rings (SSSR count). The van der Waals surface area contributed by atoms with Gasteiger partial charge in [0.1, 0.15) is 0 Å². The van der Waals surface area contributed by atoms with Crippen molar-refractivity contribution in [1.29, 1.82) is 0 Å². The predicted octanol–water partition coefficient (Wildman–Crippen LogP) is 6.52. The minimum absolute atomic E-state index is 0.496. The average Bonchev–Trinajstić information content (AvgIpc) is 2.48. The van der Waals surface area contributed by atoms with Crippen molar-refractivity contribution in [2.24, 2.45) is 0 Å². The van der Waals surface area contributed by atoms with Gasteiger partial charge in [-0.1, -0.05) is 18.2 Å². The molecule has 0 aliphatic carbocycles. The fraction of sp³-hybridized carbons (Fsp3) is 0.684. The molecule has 0 radical (unpaired) electrons. The summed E-state index contributed by atoms with van der Waals surface area (Å²) in [4.78, 5) is 0. The summed E-state index contributed by atoms with van der Waals surface area (Å²) in [6.07, 6.45) is 15.2. The Labute approximate surface area is 131 Å². The van der Waals surface area contributed by atoms with Gasteiger partial charge in [-0.15, -0.1) is 19.7 Å². The standard InChI is InChI=1S/C19H33FO/c1-4-7-10-13-16-19(20,17-14-11-8-5-2)21-18-15-12-9-6-3/h4-6H,1-3,7-18H2. The van der Waals surface area contributed by atoms with Crippen molar-refractivity contribution >= 4 is 0 Å². The molecular weight excluding hydrogens is 263 g/mol. The largest absolute Gasteiger partial charge is 0.346 e. The second-order valence-corrected chi connectivity index (χ2v) is 5.58. The van der Waals surface area contributed by atoms with E-state index in [1.165, 1.54) is 0 Å². The highest BCUT2D eigenvalue weighted by Gasteiger charge is 2.29. The van der Waals surface area contributed by atoms with E-state index in [4.69, 9.17) is 4.74 Å². The molecule has 0 aromatic heterocycles. The van der Waals surface area contributed by atoms with Crippen LogP contribution in [0.4, 0.5) is 4.39 Å². The maximum atomic E-state index is 14.9. The molecule has 0 N–H and O–H groups in total. The van der Waals surface area contributed by atoms with Gasteiger partial charge in [-0.2, -0.15) is 0 Å². The molecule has 1 nitrogen and oxygen atoms in total. The Morgan fingerprint density at radius 2 is 1.14 bits per heavy atom. The number of rotatable bonds is 16. The highest BCUT2D eigenvalue weighted by atomic mass is 19.2. The highest BCUT2D eigenvalue weighted by molar-refractivity contribution is 4.73. The molecule has 0 heterocycles. The van der Waals surface area contributed by atoms with Gasteiger partial charge in [-0.3, -0.25) is 0 Å². The lowest BCUT2D eigenvalue weighted by molar-refractivity contribution is -0.157. The summed E-state index contributed by atoms with van der Waals surface area (Å²) in [6.45, 7) is 11.6. The van der Waals surface area contributed by atoms with Gasteiger partial charge in [-0.05, 0) is 57.8 Å². The van der Waals surface area contributed by atoms with Crippen molar-refractivity contribution in [2.75, 3.05) is 6.61 Å². The predicted molar refractivity (Wildman–Crippen MR) is 91.2 cm³/mol. The van der Waals surface area contributed by atoms with Crippen molar-refractivity contribution in [3.05, 3.63) is 38.0 Å². The van der Waals surface area contributed by atoms with Crippen molar-refractivity contribution in [3.63, 3.8) is 0 Å². The molecule has 0 amide bonds. The number of hydrogen-bond acceptors (Lipinski definition) is 1. The minimum Gasteiger partial charge on any atom is -0.346 e. The summed E-state index contributed by atoms with van der Waals surface area (Å²) in [7, 11) is 0. The molecule has 122 valence electrons. The zero-order valence-corrected chi connectivity index (χ0v) is 13.6. The van der Waals surface area contributed by atoms with Gasteiger partial charge in [0.2, 0.25) is 5.85 Å². The van der Waals surface area contributed by atoms with Crippen LogP contribution in [0.25, 0.3) is 0 Å². The SMILES string of the molecule is C=CCCCCOC(F)(CCCCC=C)CCCCC=C. The Kier molecular flexibility index (Phi) is 13.5. The van der Waals surface area contributed by atoms with Crippen molar-refractivity contribution in [3.8, 4) is 0 Å². The van der Waals surface area contributed by atoms with E-state index in [0.29, 0.717) is 19.4 Å². The van der Waals surface area contributed by atoms with E-state index in [2.05, 4.69) is 19.7 Å². The molecule has 0 aliphatic rings. The number of halogens is 1. The molecule has 0 aromatic carbocycles. The summed E-state index contributed by atoms with van der Waals surface area (Å²) >= 11 is 0. The number of ether oxygens (including phenoxy) is 1. The maximum absolute atomic E-state index is 14.9. The molecule has 2 heteroatoms. The van der Waals surface area contributed by atoms with Crippen LogP contribution in [0.2, 0.25) is 0 Å². The summed E-state index contributed by atoms with van der Waals surface area (Å²) in [5, 5.41) is 0. The average molecular weight is 296 g/mol. The smallest absolute Gasteiger partial charge is 0.209 e. The highest BCUT2D eigenvalue weighted by Crippen LogP contribution is 2.28. The number of unbranched alkanes of at least 4 members (excludes halogenated alkanes) is 6. The summed E-state index contributed by atoms with van der Waals surface area (Å²) in [5.74, 6) is -1.45. The van der Waals surface area contributed by atoms with Crippen LogP contribution in [-0.2, 0) is 4.74 Å². The third-order valence-corrected chi connectivity index (χ3v) is 3.58. The van der Waals surface area contributed by atoms with Crippen LogP contribution < -0.4 is 0 Å². The molecule has 0 aliphatic heterocycles. The first-order chi connectivity index (χ1) is 10.2. The lowest BCUT2D eigenvalue weighted by Gasteiger charge is -2.26. The van der Waals surface area contributed by atoms with Crippen LogP contribution in [0.15, 0.2) is 38.0 Å². The molecule has 21 heavy (non-hydrogen) atoms. The van der Waals surface area contributed by atoms with Gasteiger partial charge in [0.05, 0.1) is 6.61 Å². The van der Waals surface area contributed by atoms with Crippen molar-refractivity contribution in [1.82, 2.24) is 0 Å². The van der Waals surface area contributed by atoms with E-state index >= 15 is 0 Å². The molecule has 0 saturated heterocycles. The van der Waals surface area contributed by atoms with Crippen LogP contribution >= 0.6 is 0 Å². The lowest BCUT2D eigenvalue weighted by Crippen LogP contribution is -2.27. The van der Waals surface area contributed by atoms with Gasteiger partial charge in [0, 0.05) is 12.8 Å². The Bertz CT molecular complexity index is 257. The van der Waals surface area contributed by atoms with Gasteiger partial charge in [0.25, 0.3) is 0 Å². The first kappa shape index (κ1) is 20.1. The molecule has 0 atom stereocenters. The number of allylic oxidation sites excluding steroid dienone is 3. The Balaban J connectivity index is 4.06. The van der Waals surface area contributed by atoms with Crippen LogP contribution in [0.3, 0.4) is 0 Å². The van der Waals surface area contributed by atoms with Crippen LogP contribution in [0.5, 0.6) is 0 Å². The van der Waals surface area contributed by atoms with E-state index in [9.17, 15) is 4.39 Å². The minimum atomic E-state index is -1.45. The Morgan fingerprint density at radius 3 is 1.57 bits per heavy atom. The van der Waals surface area contributed by atoms with E-state index in [1.54, 1.807) is 0 Å². The third kappa shape index (κ3) is 12.6. The third-order valence-electron chi connectivity index (χ3n) is 3.58. The van der Waals surface area contributed by atoms with Gasteiger partial charge in [0.15, 0.2) is 0 Å². The normalized spacial score (nSPS) is 11.3. The summed E-state index contributed by atoms with van der Waals surface area (Å²) in [5.41, 5.74) is 0. The Morgan fingerprint density at radius 1 is 0.714 bits per heavy atom. The van der Waals surface area contributed by atoms with E-state index in [0.717, 1.165) is 57.8 Å². The molecule has 0 bridgehead atoms. The van der Waals surface area contributed by atoms with Gasteiger partial charge >= 0.3 is 0 Å². The zero-order chi connectivity index (χ0) is 15.8. The topological polar surface area (TPSA) is 9.23 Å². The fourth-order valence-electron chi connectivity index (χ4n) is 2.27. The van der Waals surface area contributed by atoms with Gasteiger partial charge in [-0.25, -0.2) is 4.39 Å². The Hall–Kier alpha value is -0.890. The molecule has 0 aromatic rings. The van der Waals surface area contributed by atoms with Crippen molar-refractivity contribution in [2.45, 2.75) is 76.5 Å². The van der Waals surface area contributed by atoms with Crippen LogP contribution in [-0.4, -0.2) is 12.5 Å². The molecular formula is C19H33FO. The first-order valence-corrected chi connectivity index (χ1v) is 8.34. The number of hydrogen-bond donors (Lipinski definition) is 0. The molecule has 0 fully saturated rings. The van der Waals surface area contributed by atoms with E-state index < -0.39 is 5.85 Å². The van der Waals surface area contributed by atoms with Crippen LogP contribution in [0.1, 0.15) is 70.6 Å². The van der Waals surface area contributed by atoms with Gasteiger partial charge < -0.3 is 4.74 Å². The van der Waals surface area contributed by atoms with Crippen molar-refractivity contribution < 1.29 is 9.13 Å². The fourth-order valence-corrected chi connectivity index (χ4v) is 2.27. The maximum Gasteiger partial charge on any atom is 0.209 e. The molecule has 0 saturated carbocycles. The number of alkyl halides is 1. The lowest BCUT2D eigenvalue weighted by atomic mass is 10.0. The summed E-state index contributed by atoms with van der Waals surface area (Å²) < 4.78 is 20.4. The molecule has 0 unspecified atom stereocenters. The molecule has 0 spiro atoms. The zero-order valence-electron chi connectivity index (χ0n) is 13.6. The summed E-state index contributed by atoms with van der Waals surface area (Å²) in [6, 6.07) is 0. The van der Waals surface area contributed by atoms with E-state index in [-0.39, 0.29) is 0 Å². The first-order valence-electron chi connectivity index (χ1n) is 8.34. The monoisotopic (exact) mass is 296 g/mol. The second-order valence-electron chi connectivity index (χ2n) is 5.58. The van der Waals surface area contributed by atoms with Crippen LogP contribution in [0, 0.1) is 0 Å². The second kappa shape index (κ2) is 14.1. The quantitative estimate of drug-likeness (QED) is 0.233. The van der Waals surface area contributed by atoms with E-state index in [1.807, 2.05) is 18.2 Å².